The minimum atomic E-state index is -4.96. The minimum Gasteiger partial charge on any atom is -0.464 e. The maximum Gasteiger partial charge on any atom is 0.417 e. The molecule has 6 N–H and O–H groups in total. The van der Waals surface area contributed by atoms with E-state index in [0.717, 1.165) is 6.26 Å². The highest BCUT2D eigenvalue weighted by molar-refractivity contribution is 7.88. The van der Waals surface area contributed by atoms with Gasteiger partial charge >= 0.3 is 36.2 Å². The molecule has 7 unspecified atom stereocenters. The van der Waals surface area contributed by atoms with Gasteiger partial charge in [0.1, 0.15) is 25.4 Å². The van der Waals surface area contributed by atoms with Crippen molar-refractivity contribution < 1.29 is 106 Å². The van der Waals surface area contributed by atoms with Gasteiger partial charge in [-0.3, -0.25) is 28.5 Å². The van der Waals surface area contributed by atoms with Crippen LogP contribution in [-0.2, 0) is 63.1 Å². The molecule has 0 aliphatic heterocycles. The summed E-state index contributed by atoms with van der Waals surface area (Å²) in [4.78, 5) is 64.8. The highest BCUT2D eigenvalue weighted by Crippen LogP contribution is 2.46. The second-order valence-electron chi connectivity index (χ2n) is 21.8. The van der Waals surface area contributed by atoms with Crippen molar-refractivity contribution in [3.05, 3.63) is 0 Å². The molecule has 0 spiro atoms. The van der Waals surface area contributed by atoms with Crippen LogP contribution in [0.1, 0.15) is 149 Å². The highest BCUT2D eigenvalue weighted by Gasteiger charge is 2.54. The van der Waals surface area contributed by atoms with Crippen LogP contribution in [0, 0.1) is 27.1 Å². The third kappa shape index (κ3) is 23.9. The van der Waals surface area contributed by atoms with Gasteiger partial charge in [-0.25, -0.2) is 13.1 Å². The molecule has 0 saturated carbocycles. The van der Waals surface area contributed by atoms with E-state index in [0.29, 0.717) is 13.8 Å². The largest absolute Gasteiger partial charge is 0.464 e. The molecule has 7 atom stereocenters. The monoisotopic (exact) mass is 1100 g/mol. The van der Waals surface area contributed by atoms with E-state index in [-0.39, 0.29) is 51.9 Å². The van der Waals surface area contributed by atoms with Crippen molar-refractivity contribution in [3.8, 4) is 0 Å². The zero-order valence-electron chi connectivity index (χ0n) is 44.3. The van der Waals surface area contributed by atoms with Crippen LogP contribution in [-0.4, -0.2) is 146 Å². The van der Waals surface area contributed by atoms with Crippen molar-refractivity contribution >= 4 is 49.9 Å². The average Bonchev–Trinajstić information content (AvgIpc) is 3.15. The molecule has 0 aliphatic rings. The second kappa shape index (κ2) is 25.9. The number of esters is 4. The third-order valence-corrected chi connectivity index (χ3v) is 13.7. The molecule has 0 aromatic carbocycles. The predicted molar refractivity (Wildman–Crippen MR) is 251 cm³/mol. The predicted octanol–water partition coefficient (Wildman–Crippen LogP) is 5.72. The number of alkyl halides is 6. The number of nitrogens with one attached hydrogen (secondary N) is 2. The Labute approximate surface area is 420 Å². The second-order valence-corrected chi connectivity index (χ2v) is 25.1. The van der Waals surface area contributed by atoms with Gasteiger partial charge in [0.05, 0.1) is 45.8 Å². The van der Waals surface area contributed by atoms with E-state index in [2.05, 4.69) is 10.0 Å². The number of aliphatic hydroxyl groups is 3. The third-order valence-electron chi connectivity index (χ3n) is 11.9. The van der Waals surface area contributed by atoms with Crippen LogP contribution in [0.4, 0.5) is 26.3 Å². The van der Waals surface area contributed by atoms with Crippen molar-refractivity contribution in [1.29, 1.82) is 0 Å². The minimum absolute atomic E-state index is 0.0178. The number of carbonyl (C=O) groups excluding carboxylic acids is 5. The first-order valence-corrected chi connectivity index (χ1v) is 26.4. The lowest BCUT2D eigenvalue weighted by atomic mass is 9.64. The molecule has 72 heavy (non-hydrogen) atoms. The van der Waals surface area contributed by atoms with E-state index in [1.54, 1.807) is 27.7 Å². The number of amides is 1. The summed E-state index contributed by atoms with van der Waals surface area (Å²) in [5.74, 6) is -4.69. The quantitative estimate of drug-likeness (QED) is 0.0180. The van der Waals surface area contributed by atoms with Crippen LogP contribution in [0.2, 0.25) is 0 Å². The molecule has 0 aromatic heterocycles. The van der Waals surface area contributed by atoms with Gasteiger partial charge in [-0.2, -0.15) is 34.8 Å². The summed E-state index contributed by atoms with van der Waals surface area (Å²) in [5.41, 5.74) is -14.3. The maximum atomic E-state index is 13.2. The molecule has 0 rings (SSSR count). The molecule has 0 saturated heterocycles. The van der Waals surface area contributed by atoms with Crippen LogP contribution < -0.4 is 10.0 Å². The summed E-state index contributed by atoms with van der Waals surface area (Å²) in [7, 11) is -7.87. The number of sulfonamides is 1. The van der Waals surface area contributed by atoms with Gasteiger partial charge in [-0.15, -0.1) is 0 Å². The first-order chi connectivity index (χ1) is 31.7. The number of hydrogen-bond donors (Lipinski definition) is 6. The van der Waals surface area contributed by atoms with Gasteiger partial charge in [-0.1, -0.05) is 27.7 Å². The number of hydrogen-bond acceptors (Lipinski definition) is 16. The lowest BCUT2D eigenvalue weighted by Crippen LogP contribution is -2.54. The lowest BCUT2D eigenvalue weighted by Gasteiger charge is -2.41. The smallest absolute Gasteiger partial charge is 0.417 e. The van der Waals surface area contributed by atoms with Crippen LogP contribution in [0.15, 0.2) is 0 Å². The van der Waals surface area contributed by atoms with Crippen LogP contribution in [0.25, 0.3) is 0 Å². The van der Waals surface area contributed by atoms with Crippen LogP contribution in [0.3, 0.4) is 0 Å². The molecule has 0 bridgehead atoms. The van der Waals surface area contributed by atoms with E-state index in [9.17, 15) is 81.9 Å². The number of aliphatic hydroxyl groups excluding tert-OH is 1. The number of rotatable bonds is 28. The normalized spacial score (nSPS) is 18.1. The van der Waals surface area contributed by atoms with Crippen molar-refractivity contribution in [1.82, 2.24) is 10.0 Å². The summed E-state index contributed by atoms with van der Waals surface area (Å²) in [6.07, 6.45) is -13.4. The molecule has 426 valence electrons. The molecular weight excluding hydrogens is 1020 g/mol. The van der Waals surface area contributed by atoms with E-state index in [4.69, 9.17) is 24.1 Å². The Balaban J connectivity index is 0. The van der Waals surface area contributed by atoms with E-state index < -0.39 is 144 Å². The summed E-state index contributed by atoms with van der Waals surface area (Å²) >= 11 is 0. The van der Waals surface area contributed by atoms with Gasteiger partial charge in [0.15, 0.2) is 11.2 Å². The Hall–Kier alpha value is -3.37. The van der Waals surface area contributed by atoms with Gasteiger partial charge in [0.2, 0.25) is 15.9 Å². The molecule has 1 amide bonds. The van der Waals surface area contributed by atoms with Crippen molar-refractivity contribution in [2.75, 3.05) is 38.4 Å². The fourth-order valence-electron chi connectivity index (χ4n) is 7.79. The maximum absolute atomic E-state index is 13.2. The molecule has 0 radical (unpaired) electrons. The Bertz CT molecular complexity index is 2060. The van der Waals surface area contributed by atoms with Crippen molar-refractivity contribution in [2.24, 2.45) is 27.1 Å². The van der Waals surface area contributed by atoms with Gasteiger partial charge in [0, 0.05) is 24.8 Å². The first kappa shape index (κ1) is 70.7. The topological polar surface area (TPSA) is 296 Å². The van der Waals surface area contributed by atoms with Crippen molar-refractivity contribution in [2.45, 2.75) is 190 Å². The summed E-state index contributed by atoms with van der Waals surface area (Å²) < 4.78 is 155. The Morgan fingerprint density at radius 2 is 0.958 bits per heavy atom. The van der Waals surface area contributed by atoms with E-state index >= 15 is 0 Å². The summed E-state index contributed by atoms with van der Waals surface area (Å²) in [5, 5.41) is 31.1. The van der Waals surface area contributed by atoms with E-state index in [1.807, 2.05) is 0 Å². The molecular formula is C45H80F6N2O17S2. The average molecular weight is 1100 g/mol. The molecule has 27 heteroatoms. The lowest BCUT2D eigenvalue weighted by molar-refractivity contribution is -0.261. The van der Waals surface area contributed by atoms with Gasteiger partial charge < -0.3 is 39.6 Å². The van der Waals surface area contributed by atoms with Crippen LogP contribution in [0.5, 0.6) is 0 Å². The fraction of sp³-hybridized carbons (Fsp3) is 0.889. The summed E-state index contributed by atoms with van der Waals surface area (Å²) in [6, 6.07) is 0. The molecule has 0 aliphatic carbocycles. The number of halogens is 6. The van der Waals surface area contributed by atoms with Crippen LogP contribution >= 0.6 is 0 Å². The highest BCUT2D eigenvalue weighted by atomic mass is 32.2. The molecule has 0 fully saturated rings. The standard InChI is InChI=1S/C26H46F3NO10S.C19H34F3NO7S/c1-10-23(7,20(34)40-17(2)13-25(9,35)26(27,28)29)15-24(8,19(33)39-12-11-31)14-21(3,4)18(32)30-22(5,6)16-41(36,37)38;1-8-17(5,15(25)30-13(2)11-18(6,26)19(20,21)22)12-16(3,4)14(24)29-10-9-23-31(7,27)28/h17,31,35H,10-16H2,1-9H3,(H,30,32)(H,36,37,38);13,23,26H,8-12H2,1-7H3. The number of carbonyl (C=O) groups is 5. The Kier molecular flexibility index (Phi) is 25.5. The fourth-order valence-corrected chi connectivity index (χ4v) is 9.22. The Morgan fingerprint density at radius 1 is 0.583 bits per heavy atom. The summed E-state index contributed by atoms with van der Waals surface area (Å²) in [6.45, 7) is 18.9. The van der Waals surface area contributed by atoms with Crippen molar-refractivity contribution in [3.63, 3.8) is 0 Å². The molecule has 0 aromatic rings. The SMILES string of the molecule is CCC(C)(CC(C)(C)C(=O)OCCNS(C)(=O)=O)C(=O)OC(C)CC(C)(O)C(F)(F)F.CCC(C)(CC(C)(CC(C)(C)C(=O)NC(C)(C)CS(=O)(=O)O)C(=O)OCCO)C(=O)OC(C)CC(C)(O)C(F)(F)F. The Morgan fingerprint density at radius 3 is 1.31 bits per heavy atom. The number of ether oxygens (including phenoxy) is 4. The zero-order chi connectivity index (χ0) is 57.8. The molecule has 0 heterocycles. The van der Waals surface area contributed by atoms with Gasteiger partial charge in [0.25, 0.3) is 10.1 Å². The zero-order valence-corrected chi connectivity index (χ0v) is 46.0. The first-order valence-electron chi connectivity index (χ1n) is 22.9. The van der Waals surface area contributed by atoms with E-state index in [1.165, 1.54) is 62.3 Å². The molecule has 19 nitrogen and oxygen atoms in total. The van der Waals surface area contributed by atoms with Gasteiger partial charge in [-0.05, 0) is 108 Å².